The highest BCUT2D eigenvalue weighted by molar-refractivity contribution is 6.67. The third-order valence-corrected chi connectivity index (χ3v) is 6.14. The van der Waals surface area contributed by atoms with Gasteiger partial charge in [0, 0.05) is 24.8 Å². The van der Waals surface area contributed by atoms with E-state index < -0.39 is 7.59 Å². The smallest absolute Gasteiger partial charge is 0.325 e. The van der Waals surface area contributed by atoms with Crippen LogP contribution in [-0.4, -0.2) is 58.7 Å². The standard InChI is InChI=1S/C20H22Cl6N4O3/c1-2-32-8-9-33-15(31)11-30-7-3-4-12-10-13(5-6-14(12)30)16-27-17(19(21,22)23)29-18(28-16)20(24,25)26/h5-6,12H,2-4,7-11H2,1H3. The van der Waals surface area contributed by atoms with Crippen molar-refractivity contribution in [3.05, 3.63) is 35.3 Å². The highest BCUT2D eigenvalue weighted by Gasteiger charge is 2.35. The molecule has 0 saturated carbocycles. The number of fused-ring (bicyclic) bond motifs is 1. The number of likely N-dealkylation sites (tertiary alicyclic amines) is 1. The van der Waals surface area contributed by atoms with Gasteiger partial charge in [-0.3, -0.25) is 4.79 Å². The molecular formula is C20H22Cl6N4O3. The lowest BCUT2D eigenvalue weighted by atomic mass is 9.84. The van der Waals surface area contributed by atoms with Gasteiger partial charge in [-0.05, 0) is 37.8 Å². The minimum Gasteiger partial charge on any atom is -0.462 e. The molecule has 182 valence electrons. The first-order valence-electron chi connectivity index (χ1n) is 10.3. The zero-order valence-electron chi connectivity index (χ0n) is 17.7. The van der Waals surface area contributed by atoms with Crippen molar-refractivity contribution < 1.29 is 14.3 Å². The molecule has 0 N–H and O–H groups in total. The van der Waals surface area contributed by atoms with Gasteiger partial charge in [-0.2, -0.15) is 0 Å². The number of allylic oxidation sites excluding steroid dienone is 4. The quantitative estimate of drug-likeness (QED) is 0.241. The van der Waals surface area contributed by atoms with E-state index in [1.807, 2.05) is 24.0 Å². The topological polar surface area (TPSA) is 77.4 Å². The van der Waals surface area contributed by atoms with Crippen molar-refractivity contribution in [2.24, 2.45) is 5.92 Å². The fourth-order valence-electron chi connectivity index (χ4n) is 3.70. The van der Waals surface area contributed by atoms with Gasteiger partial charge < -0.3 is 14.4 Å². The summed E-state index contributed by atoms with van der Waals surface area (Å²) in [4.78, 5) is 26.9. The molecule has 0 spiro atoms. The number of nitrogens with zero attached hydrogens (tertiary/aromatic N) is 4. The van der Waals surface area contributed by atoms with Gasteiger partial charge in [0.1, 0.15) is 13.2 Å². The third kappa shape index (κ3) is 7.47. The van der Waals surface area contributed by atoms with Crippen LogP contribution in [0.3, 0.4) is 0 Å². The predicted octanol–water partition coefficient (Wildman–Crippen LogP) is 5.49. The first-order valence-corrected chi connectivity index (χ1v) is 12.6. The highest BCUT2D eigenvalue weighted by Crippen LogP contribution is 2.42. The molecule has 1 aliphatic heterocycles. The lowest BCUT2D eigenvalue weighted by molar-refractivity contribution is -0.146. The summed E-state index contributed by atoms with van der Waals surface area (Å²) in [6, 6.07) is 0. The number of esters is 1. The largest absolute Gasteiger partial charge is 0.462 e. The summed E-state index contributed by atoms with van der Waals surface area (Å²) in [7, 11) is 0. The average Bonchev–Trinajstić information content (AvgIpc) is 2.75. The Hall–Kier alpha value is -0.540. The van der Waals surface area contributed by atoms with Gasteiger partial charge >= 0.3 is 5.97 Å². The highest BCUT2D eigenvalue weighted by atomic mass is 35.6. The second kappa shape index (κ2) is 11.5. The Morgan fingerprint density at radius 2 is 1.73 bits per heavy atom. The van der Waals surface area contributed by atoms with E-state index in [-0.39, 0.29) is 42.5 Å². The lowest BCUT2D eigenvalue weighted by Gasteiger charge is -2.38. The van der Waals surface area contributed by atoms with Gasteiger partial charge in [-0.25, -0.2) is 15.0 Å². The summed E-state index contributed by atoms with van der Waals surface area (Å²) >= 11 is 35.9. The van der Waals surface area contributed by atoms with Crippen LogP contribution in [0, 0.1) is 5.92 Å². The predicted molar refractivity (Wildman–Crippen MR) is 131 cm³/mol. The molecule has 0 amide bonds. The number of rotatable bonds is 7. The Balaban J connectivity index is 1.81. The molecule has 1 fully saturated rings. The van der Waals surface area contributed by atoms with E-state index >= 15 is 0 Å². The van der Waals surface area contributed by atoms with E-state index in [4.69, 9.17) is 79.1 Å². The van der Waals surface area contributed by atoms with Crippen LogP contribution in [0.15, 0.2) is 17.8 Å². The minimum atomic E-state index is -1.91. The minimum absolute atomic E-state index is 0.130. The van der Waals surface area contributed by atoms with E-state index in [1.165, 1.54) is 0 Å². The van der Waals surface area contributed by atoms with Crippen molar-refractivity contribution >= 4 is 81.1 Å². The molecule has 0 bridgehead atoms. The first kappa shape index (κ1) is 27.1. The zero-order chi connectivity index (χ0) is 24.2. The molecule has 2 heterocycles. The number of carbonyl (C=O) groups is 1. The maximum Gasteiger partial charge on any atom is 0.325 e. The Kier molecular flexibility index (Phi) is 9.40. The van der Waals surface area contributed by atoms with Gasteiger partial charge in [0.2, 0.25) is 7.59 Å². The second-order valence-corrected chi connectivity index (χ2v) is 12.0. The number of aromatic nitrogens is 3. The Morgan fingerprint density at radius 3 is 2.33 bits per heavy atom. The molecule has 3 rings (SSSR count). The summed E-state index contributed by atoms with van der Waals surface area (Å²) in [6.45, 7) is 4.05. The molecule has 1 saturated heterocycles. The summed E-state index contributed by atoms with van der Waals surface area (Å²) < 4.78 is 6.63. The number of alkyl halides is 6. The van der Waals surface area contributed by atoms with Crippen molar-refractivity contribution in [3.63, 3.8) is 0 Å². The van der Waals surface area contributed by atoms with Crippen LogP contribution in [-0.2, 0) is 21.9 Å². The van der Waals surface area contributed by atoms with Crippen molar-refractivity contribution in [2.45, 2.75) is 33.8 Å². The Bertz CT molecular complexity index is 897. The zero-order valence-corrected chi connectivity index (χ0v) is 22.2. The van der Waals surface area contributed by atoms with E-state index in [9.17, 15) is 4.79 Å². The molecule has 1 aromatic rings. The van der Waals surface area contributed by atoms with E-state index in [2.05, 4.69) is 15.0 Å². The van der Waals surface area contributed by atoms with Crippen molar-refractivity contribution in [2.75, 3.05) is 32.9 Å². The molecule has 1 aromatic heterocycles. The van der Waals surface area contributed by atoms with Crippen LogP contribution in [0.2, 0.25) is 0 Å². The maximum absolute atomic E-state index is 12.2. The van der Waals surface area contributed by atoms with Crippen LogP contribution in [0.4, 0.5) is 0 Å². The normalized spacial score (nSPS) is 19.0. The van der Waals surface area contributed by atoms with Crippen LogP contribution >= 0.6 is 69.6 Å². The molecule has 0 aromatic carbocycles. The van der Waals surface area contributed by atoms with Gasteiger partial charge in [0.05, 0.1) is 6.61 Å². The number of halogens is 6. The Labute approximate surface area is 222 Å². The van der Waals surface area contributed by atoms with E-state index in [0.29, 0.717) is 19.6 Å². The number of hydrogen-bond donors (Lipinski definition) is 0. The van der Waals surface area contributed by atoms with Crippen LogP contribution in [0.25, 0.3) is 5.57 Å². The molecule has 33 heavy (non-hydrogen) atoms. The third-order valence-electron chi connectivity index (χ3n) is 5.13. The number of hydrogen-bond acceptors (Lipinski definition) is 7. The summed E-state index contributed by atoms with van der Waals surface area (Å²) in [5, 5.41) is 0. The molecule has 7 nitrogen and oxygen atoms in total. The fourth-order valence-corrected chi connectivity index (χ4v) is 4.21. The molecule has 2 aliphatic rings. The number of piperidine rings is 1. The SMILES string of the molecule is CCOCCOC(=O)CN1CCCC2CC(c3nc(C(Cl)(Cl)Cl)nc(C(Cl)(Cl)Cl)n3)=CC=C21. The Morgan fingerprint density at radius 1 is 1.06 bits per heavy atom. The van der Waals surface area contributed by atoms with Gasteiger partial charge in [0.15, 0.2) is 17.5 Å². The summed E-state index contributed by atoms with van der Waals surface area (Å²) in [5.74, 6) is -0.109. The van der Waals surface area contributed by atoms with Crippen molar-refractivity contribution in [1.82, 2.24) is 19.9 Å². The summed E-state index contributed by atoms with van der Waals surface area (Å²) in [6.07, 6.45) is 6.30. The van der Waals surface area contributed by atoms with Gasteiger partial charge in [-0.15, -0.1) is 0 Å². The van der Waals surface area contributed by atoms with Crippen molar-refractivity contribution in [1.29, 1.82) is 0 Å². The molecular weight excluding hydrogens is 557 g/mol. The van der Waals surface area contributed by atoms with Crippen LogP contribution in [0.1, 0.15) is 43.7 Å². The van der Waals surface area contributed by atoms with Gasteiger partial charge in [-0.1, -0.05) is 75.7 Å². The summed E-state index contributed by atoms with van der Waals surface area (Å²) in [5.41, 5.74) is 1.85. The number of carbonyl (C=O) groups excluding carboxylic acids is 1. The van der Waals surface area contributed by atoms with E-state index in [1.54, 1.807) is 0 Å². The molecule has 13 heteroatoms. The van der Waals surface area contributed by atoms with E-state index in [0.717, 1.165) is 30.7 Å². The number of ether oxygens (including phenoxy) is 2. The van der Waals surface area contributed by atoms with Crippen LogP contribution < -0.4 is 0 Å². The average molecular weight is 579 g/mol. The lowest BCUT2D eigenvalue weighted by Crippen LogP contribution is -2.38. The molecule has 1 aliphatic carbocycles. The van der Waals surface area contributed by atoms with Crippen LogP contribution in [0.5, 0.6) is 0 Å². The second-order valence-electron chi connectivity index (χ2n) is 7.47. The van der Waals surface area contributed by atoms with Crippen molar-refractivity contribution in [3.8, 4) is 0 Å². The molecule has 1 unspecified atom stereocenters. The molecule has 1 atom stereocenters. The fraction of sp³-hybridized carbons (Fsp3) is 0.600. The first-order chi connectivity index (χ1) is 15.5. The monoisotopic (exact) mass is 576 g/mol. The maximum atomic E-state index is 12.2. The van der Waals surface area contributed by atoms with Gasteiger partial charge in [0.25, 0.3) is 0 Å². The molecule has 0 radical (unpaired) electrons.